The van der Waals surface area contributed by atoms with E-state index in [1.54, 1.807) is 7.11 Å². The van der Waals surface area contributed by atoms with Crippen molar-refractivity contribution in [2.24, 2.45) is 0 Å². The molecule has 0 aromatic carbocycles. The van der Waals surface area contributed by atoms with Crippen LogP contribution in [-0.2, 0) is 9.47 Å². The summed E-state index contributed by atoms with van der Waals surface area (Å²) in [5.41, 5.74) is 5.81. The van der Waals surface area contributed by atoms with Crippen molar-refractivity contribution in [3.63, 3.8) is 0 Å². The molecule has 1 aromatic heterocycles. The van der Waals surface area contributed by atoms with E-state index in [-0.39, 0.29) is 11.7 Å². The summed E-state index contributed by atoms with van der Waals surface area (Å²) in [4.78, 5) is 18.7. The standard InChI is InChI=1S/C13H24N4O3S/c1-4-6-17(2)13-16-11(14)10(21-13)12(18)15-5-7-20-9-8-19-3/h4-9,14H2,1-3H3,(H,15,18). The predicted octanol–water partition coefficient (Wildman–Crippen LogP) is 0.964. The third-order valence-electron chi connectivity index (χ3n) is 2.70. The lowest BCUT2D eigenvalue weighted by Crippen LogP contribution is -2.27. The minimum absolute atomic E-state index is 0.212. The van der Waals surface area contributed by atoms with Crippen LogP contribution in [0.2, 0.25) is 0 Å². The van der Waals surface area contributed by atoms with Crippen molar-refractivity contribution in [3.8, 4) is 0 Å². The maximum Gasteiger partial charge on any atom is 0.265 e. The molecule has 0 unspecified atom stereocenters. The van der Waals surface area contributed by atoms with Crippen molar-refractivity contribution >= 4 is 28.2 Å². The lowest BCUT2D eigenvalue weighted by Gasteiger charge is -2.13. The number of hydrogen-bond donors (Lipinski definition) is 2. The molecule has 8 heteroatoms. The van der Waals surface area contributed by atoms with E-state index in [2.05, 4.69) is 17.2 Å². The molecule has 1 heterocycles. The van der Waals surface area contributed by atoms with E-state index in [0.29, 0.717) is 31.2 Å². The second-order valence-electron chi connectivity index (χ2n) is 4.49. The molecule has 0 aliphatic heterocycles. The number of hydrogen-bond acceptors (Lipinski definition) is 7. The number of thiazole rings is 1. The van der Waals surface area contributed by atoms with Crippen LogP contribution in [-0.4, -0.2) is 58.0 Å². The van der Waals surface area contributed by atoms with Gasteiger partial charge >= 0.3 is 0 Å². The second kappa shape index (κ2) is 9.54. The number of ether oxygens (including phenoxy) is 2. The Kier molecular flexibility index (Phi) is 8.03. The molecule has 120 valence electrons. The molecule has 0 bridgehead atoms. The molecule has 0 fully saturated rings. The van der Waals surface area contributed by atoms with Gasteiger partial charge in [0.15, 0.2) is 5.13 Å². The van der Waals surface area contributed by atoms with Crippen LogP contribution >= 0.6 is 11.3 Å². The highest BCUT2D eigenvalue weighted by Crippen LogP contribution is 2.27. The van der Waals surface area contributed by atoms with Gasteiger partial charge in [0.1, 0.15) is 10.7 Å². The van der Waals surface area contributed by atoms with Gasteiger partial charge in [0, 0.05) is 27.2 Å². The first-order valence-electron chi connectivity index (χ1n) is 6.92. The van der Waals surface area contributed by atoms with Crippen LogP contribution in [0.25, 0.3) is 0 Å². The van der Waals surface area contributed by atoms with Crippen molar-refractivity contribution in [1.29, 1.82) is 0 Å². The van der Waals surface area contributed by atoms with E-state index < -0.39 is 0 Å². The van der Waals surface area contributed by atoms with Crippen molar-refractivity contribution < 1.29 is 14.3 Å². The van der Waals surface area contributed by atoms with E-state index in [9.17, 15) is 4.79 Å². The maximum atomic E-state index is 12.0. The van der Waals surface area contributed by atoms with Gasteiger partial charge in [0.05, 0.1) is 19.8 Å². The fourth-order valence-corrected chi connectivity index (χ4v) is 2.53. The van der Waals surface area contributed by atoms with Gasteiger partial charge in [-0.1, -0.05) is 18.3 Å². The summed E-state index contributed by atoms with van der Waals surface area (Å²) in [5, 5.41) is 3.53. The van der Waals surface area contributed by atoms with E-state index in [1.807, 2.05) is 11.9 Å². The number of nitrogen functional groups attached to an aromatic ring is 1. The lowest BCUT2D eigenvalue weighted by molar-refractivity contribution is 0.0693. The fourth-order valence-electron chi connectivity index (χ4n) is 1.64. The molecule has 0 saturated heterocycles. The molecule has 0 aliphatic rings. The number of nitrogens with one attached hydrogen (secondary N) is 1. The molecule has 0 radical (unpaired) electrons. The molecule has 7 nitrogen and oxygen atoms in total. The van der Waals surface area contributed by atoms with Gasteiger partial charge in [0.25, 0.3) is 5.91 Å². The molecule has 1 amide bonds. The quantitative estimate of drug-likeness (QED) is 0.625. The Morgan fingerprint density at radius 3 is 2.86 bits per heavy atom. The van der Waals surface area contributed by atoms with E-state index in [0.717, 1.165) is 18.1 Å². The SMILES string of the molecule is CCCN(C)c1nc(N)c(C(=O)NCCOCCOC)s1. The monoisotopic (exact) mass is 316 g/mol. The molecular weight excluding hydrogens is 292 g/mol. The van der Waals surface area contributed by atoms with Crippen LogP contribution in [0.15, 0.2) is 0 Å². The summed E-state index contributed by atoms with van der Waals surface area (Å²) >= 11 is 1.30. The Balaban J connectivity index is 2.43. The highest BCUT2D eigenvalue weighted by molar-refractivity contribution is 7.18. The Labute approximate surface area is 129 Å². The number of rotatable bonds is 10. The molecule has 1 rings (SSSR count). The van der Waals surface area contributed by atoms with Gasteiger partial charge in [0.2, 0.25) is 0 Å². The summed E-state index contributed by atoms with van der Waals surface area (Å²) in [7, 11) is 3.55. The Bertz CT molecular complexity index is 439. The summed E-state index contributed by atoms with van der Waals surface area (Å²) in [6.07, 6.45) is 1.01. The molecule has 0 atom stereocenters. The highest BCUT2D eigenvalue weighted by Gasteiger charge is 2.17. The third kappa shape index (κ3) is 5.86. The first kappa shape index (κ1) is 17.7. The first-order valence-corrected chi connectivity index (χ1v) is 7.74. The van der Waals surface area contributed by atoms with Gasteiger partial charge in [-0.25, -0.2) is 4.98 Å². The zero-order chi connectivity index (χ0) is 15.7. The van der Waals surface area contributed by atoms with Gasteiger partial charge in [-0.05, 0) is 6.42 Å². The van der Waals surface area contributed by atoms with Crippen LogP contribution < -0.4 is 16.0 Å². The molecule has 0 spiro atoms. The summed E-state index contributed by atoms with van der Waals surface area (Å²) in [5.74, 6) is 0.0623. The Morgan fingerprint density at radius 1 is 1.43 bits per heavy atom. The lowest BCUT2D eigenvalue weighted by atomic mass is 10.4. The van der Waals surface area contributed by atoms with Gasteiger partial charge in [-0.3, -0.25) is 4.79 Å². The Morgan fingerprint density at radius 2 is 2.19 bits per heavy atom. The van der Waals surface area contributed by atoms with Crippen molar-refractivity contribution in [2.45, 2.75) is 13.3 Å². The predicted molar refractivity (Wildman–Crippen MR) is 85.1 cm³/mol. The average molecular weight is 316 g/mol. The average Bonchev–Trinajstić information content (AvgIpc) is 2.85. The van der Waals surface area contributed by atoms with Gasteiger partial charge in [-0.2, -0.15) is 0 Å². The topological polar surface area (TPSA) is 89.7 Å². The second-order valence-corrected chi connectivity index (χ2v) is 5.47. The van der Waals surface area contributed by atoms with Crippen molar-refractivity contribution in [1.82, 2.24) is 10.3 Å². The normalized spacial score (nSPS) is 10.6. The number of aromatic nitrogens is 1. The maximum absolute atomic E-state index is 12.0. The Hall–Kier alpha value is -1.38. The van der Waals surface area contributed by atoms with Crippen LogP contribution in [0, 0.1) is 0 Å². The minimum atomic E-state index is -0.212. The molecular formula is C13H24N4O3S. The van der Waals surface area contributed by atoms with Crippen LogP contribution in [0.1, 0.15) is 23.0 Å². The van der Waals surface area contributed by atoms with Gasteiger partial charge in [-0.15, -0.1) is 0 Å². The van der Waals surface area contributed by atoms with E-state index >= 15 is 0 Å². The fraction of sp³-hybridized carbons (Fsp3) is 0.692. The van der Waals surface area contributed by atoms with Crippen LogP contribution in [0.3, 0.4) is 0 Å². The summed E-state index contributed by atoms with van der Waals surface area (Å²) < 4.78 is 10.1. The number of methoxy groups -OCH3 is 1. The molecule has 0 saturated carbocycles. The third-order valence-corrected chi connectivity index (χ3v) is 3.88. The summed E-state index contributed by atoms with van der Waals surface area (Å²) in [6.45, 7) is 4.90. The zero-order valence-electron chi connectivity index (χ0n) is 12.8. The number of carbonyl (C=O) groups excluding carboxylic acids is 1. The number of amides is 1. The molecule has 21 heavy (non-hydrogen) atoms. The number of nitrogens with two attached hydrogens (primary N) is 1. The number of nitrogens with zero attached hydrogens (tertiary/aromatic N) is 2. The number of anilines is 2. The molecule has 3 N–H and O–H groups in total. The van der Waals surface area contributed by atoms with Crippen molar-refractivity contribution in [3.05, 3.63) is 4.88 Å². The van der Waals surface area contributed by atoms with Crippen LogP contribution in [0.5, 0.6) is 0 Å². The highest BCUT2D eigenvalue weighted by atomic mass is 32.1. The van der Waals surface area contributed by atoms with Gasteiger partial charge < -0.3 is 25.4 Å². The molecule has 1 aromatic rings. The minimum Gasteiger partial charge on any atom is -0.382 e. The smallest absolute Gasteiger partial charge is 0.265 e. The summed E-state index contributed by atoms with van der Waals surface area (Å²) in [6, 6.07) is 0. The van der Waals surface area contributed by atoms with E-state index in [4.69, 9.17) is 15.2 Å². The van der Waals surface area contributed by atoms with Crippen LogP contribution in [0.4, 0.5) is 10.9 Å². The largest absolute Gasteiger partial charge is 0.382 e. The van der Waals surface area contributed by atoms with Crippen molar-refractivity contribution in [2.75, 3.05) is 57.7 Å². The molecule has 0 aliphatic carbocycles. The first-order chi connectivity index (χ1) is 10.1. The zero-order valence-corrected chi connectivity index (χ0v) is 13.7. The number of carbonyl (C=O) groups is 1. The van der Waals surface area contributed by atoms with E-state index in [1.165, 1.54) is 11.3 Å².